The summed E-state index contributed by atoms with van der Waals surface area (Å²) in [6.45, 7) is 5.46. The molecule has 18 heavy (non-hydrogen) atoms. The summed E-state index contributed by atoms with van der Waals surface area (Å²) < 4.78 is 5.26. The number of hydrogen-bond donors (Lipinski definition) is 2. The molecule has 0 saturated carbocycles. The van der Waals surface area contributed by atoms with Gasteiger partial charge in [-0.2, -0.15) is 0 Å². The van der Waals surface area contributed by atoms with Crippen molar-refractivity contribution in [1.29, 1.82) is 0 Å². The van der Waals surface area contributed by atoms with Crippen molar-refractivity contribution in [2.75, 3.05) is 18.5 Å². The van der Waals surface area contributed by atoms with Crippen molar-refractivity contribution in [2.45, 2.75) is 32.4 Å². The second kappa shape index (κ2) is 5.87. The standard InChI is InChI=1S/C14H20N2O2/c1-10(2)15-13-6-4-3-5-12(13)14(17)16-11-7-8-18-9-11/h3-6,10-11,15H,7-9H2,1-2H3,(H,16,17). The Bertz CT molecular complexity index is 412. The average Bonchev–Trinajstić information content (AvgIpc) is 2.81. The second-order valence-electron chi connectivity index (χ2n) is 4.88. The molecule has 1 heterocycles. The van der Waals surface area contributed by atoms with Gasteiger partial charge in [0.15, 0.2) is 0 Å². The average molecular weight is 248 g/mol. The van der Waals surface area contributed by atoms with E-state index in [1.54, 1.807) is 0 Å². The van der Waals surface area contributed by atoms with Crippen LogP contribution in [0.15, 0.2) is 24.3 Å². The quantitative estimate of drug-likeness (QED) is 0.857. The predicted octanol–water partition coefficient (Wildman–Crippen LogP) is 2.03. The smallest absolute Gasteiger partial charge is 0.253 e. The fourth-order valence-corrected chi connectivity index (χ4v) is 2.03. The Morgan fingerprint density at radius 1 is 1.39 bits per heavy atom. The van der Waals surface area contributed by atoms with Gasteiger partial charge in [0.1, 0.15) is 0 Å². The largest absolute Gasteiger partial charge is 0.382 e. The monoisotopic (exact) mass is 248 g/mol. The van der Waals surface area contributed by atoms with Crippen LogP contribution < -0.4 is 10.6 Å². The minimum atomic E-state index is -0.0331. The minimum Gasteiger partial charge on any atom is -0.382 e. The second-order valence-corrected chi connectivity index (χ2v) is 4.88. The third-order valence-electron chi connectivity index (χ3n) is 2.88. The molecule has 1 unspecified atom stereocenters. The molecule has 0 aromatic heterocycles. The summed E-state index contributed by atoms with van der Waals surface area (Å²) in [7, 11) is 0. The molecular formula is C14H20N2O2. The van der Waals surface area contributed by atoms with E-state index in [0.29, 0.717) is 18.2 Å². The SMILES string of the molecule is CC(C)Nc1ccccc1C(=O)NC1CCOC1. The Labute approximate surface area is 108 Å². The molecule has 1 amide bonds. The first kappa shape index (κ1) is 12.9. The van der Waals surface area contributed by atoms with E-state index in [1.165, 1.54) is 0 Å². The molecule has 98 valence electrons. The molecule has 1 aromatic rings. The molecule has 1 aliphatic rings. The summed E-state index contributed by atoms with van der Waals surface area (Å²) in [4.78, 5) is 12.2. The van der Waals surface area contributed by atoms with Gasteiger partial charge in [-0.3, -0.25) is 4.79 Å². The molecule has 1 saturated heterocycles. The van der Waals surface area contributed by atoms with Gasteiger partial charge in [0.05, 0.1) is 18.2 Å². The Balaban J connectivity index is 2.08. The van der Waals surface area contributed by atoms with Crippen LogP contribution in [-0.4, -0.2) is 31.2 Å². The predicted molar refractivity (Wildman–Crippen MR) is 71.9 cm³/mol. The molecule has 0 radical (unpaired) electrons. The zero-order valence-corrected chi connectivity index (χ0v) is 10.9. The number of carbonyl (C=O) groups excluding carboxylic acids is 1. The number of carbonyl (C=O) groups is 1. The molecule has 1 aromatic carbocycles. The fraction of sp³-hybridized carbons (Fsp3) is 0.500. The molecule has 0 aliphatic carbocycles. The highest BCUT2D eigenvalue weighted by atomic mass is 16.5. The van der Waals surface area contributed by atoms with E-state index in [2.05, 4.69) is 24.5 Å². The van der Waals surface area contributed by atoms with E-state index in [4.69, 9.17) is 4.74 Å². The number of anilines is 1. The number of benzene rings is 1. The Kier molecular flexibility index (Phi) is 4.20. The first-order valence-corrected chi connectivity index (χ1v) is 6.41. The highest BCUT2D eigenvalue weighted by Crippen LogP contribution is 2.16. The number of amides is 1. The molecule has 2 rings (SSSR count). The fourth-order valence-electron chi connectivity index (χ4n) is 2.03. The van der Waals surface area contributed by atoms with Gasteiger partial charge in [-0.1, -0.05) is 12.1 Å². The van der Waals surface area contributed by atoms with Crippen LogP contribution in [0.25, 0.3) is 0 Å². The van der Waals surface area contributed by atoms with Crippen molar-refractivity contribution < 1.29 is 9.53 Å². The van der Waals surface area contributed by atoms with Gasteiger partial charge in [-0.05, 0) is 32.4 Å². The maximum absolute atomic E-state index is 12.2. The van der Waals surface area contributed by atoms with Crippen molar-refractivity contribution in [3.05, 3.63) is 29.8 Å². The molecular weight excluding hydrogens is 228 g/mol. The summed E-state index contributed by atoms with van der Waals surface area (Å²) in [5, 5.41) is 6.29. The van der Waals surface area contributed by atoms with Gasteiger partial charge in [0.25, 0.3) is 5.91 Å². The van der Waals surface area contributed by atoms with Gasteiger partial charge < -0.3 is 15.4 Å². The normalized spacial score (nSPS) is 18.9. The lowest BCUT2D eigenvalue weighted by molar-refractivity contribution is 0.0930. The summed E-state index contributed by atoms with van der Waals surface area (Å²) in [5.41, 5.74) is 1.57. The summed E-state index contributed by atoms with van der Waals surface area (Å²) in [6, 6.07) is 8.03. The molecule has 0 bridgehead atoms. The van der Waals surface area contributed by atoms with Gasteiger partial charge in [0, 0.05) is 18.3 Å². The third-order valence-corrected chi connectivity index (χ3v) is 2.88. The van der Waals surface area contributed by atoms with Crippen LogP contribution in [0.3, 0.4) is 0 Å². The van der Waals surface area contributed by atoms with E-state index in [0.717, 1.165) is 18.7 Å². The van der Waals surface area contributed by atoms with Crippen LogP contribution >= 0.6 is 0 Å². The molecule has 2 N–H and O–H groups in total. The van der Waals surface area contributed by atoms with Gasteiger partial charge in [0.2, 0.25) is 0 Å². The van der Waals surface area contributed by atoms with Crippen molar-refractivity contribution in [2.24, 2.45) is 0 Å². The molecule has 1 atom stereocenters. The van der Waals surface area contributed by atoms with Crippen molar-refractivity contribution in [3.8, 4) is 0 Å². The molecule has 0 spiro atoms. The van der Waals surface area contributed by atoms with E-state index in [-0.39, 0.29) is 11.9 Å². The number of rotatable bonds is 4. The molecule has 4 nitrogen and oxygen atoms in total. The first-order valence-electron chi connectivity index (χ1n) is 6.41. The van der Waals surface area contributed by atoms with E-state index in [1.807, 2.05) is 24.3 Å². The molecule has 1 fully saturated rings. The van der Waals surface area contributed by atoms with Crippen LogP contribution in [0.1, 0.15) is 30.6 Å². The van der Waals surface area contributed by atoms with Crippen LogP contribution in [0.2, 0.25) is 0 Å². The van der Waals surface area contributed by atoms with Crippen molar-refractivity contribution in [1.82, 2.24) is 5.32 Å². The lowest BCUT2D eigenvalue weighted by Crippen LogP contribution is -2.35. The van der Waals surface area contributed by atoms with E-state index < -0.39 is 0 Å². The number of hydrogen-bond acceptors (Lipinski definition) is 3. The van der Waals surface area contributed by atoms with Crippen LogP contribution in [0.4, 0.5) is 5.69 Å². The van der Waals surface area contributed by atoms with E-state index in [9.17, 15) is 4.79 Å². The zero-order valence-electron chi connectivity index (χ0n) is 10.9. The Hall–Kier alpha value is -1.55. The summed E-state index contributed by atoms with van der Waals surface area (Å²) in [6.07, 6.45) is 0.894. The lowest BCUT2D eigenvalue weighted by Gasteiger charge is -2.16. The van der Waals surface area contributed by atoms with E-state index >= 15 is 0 Å². The molecule has 1 aliphatic heterocycles. The van der Waals surface area contributed by atoms with Crippen LogP contribution in [0, 0.1) is 0 Å². The molecule has 4 heteroatoms. The number of para-hydroxylation sites is 1. The number of nitrogens with one attached hydrogen (secondary N) is 2. The third kappa shape index (κ3) is 3.23. The van der Waals surface area contributed by atoms with Crippen molar-refractivity contribution in [3.63, 3.8) is 0 Å². The van der Waals surface area contributed by atoms with Gasteiger partial charge in [-0.15, -0.1) is 0 Å². The zero-order chi connectivity index (χ0) is 13.0. The first-order chi connectivity index (χ1) is 8.66. The van der Waals surface area contributed by atoms with Gasteiger partial charge in [-0.25, -0.2) is 0 Å². The maximum atomic E-state index is 12.2. The van der Waals surface area contributed by atoms with Crippen LogP contribution in [0.5, 0.6) is 0 Å². The van der Waals surface area contributed by atoms with Crippen LogP contribution in [-0.2, 0) is 4.74 Å². The summed E-state index contributed by atoms with van der Waals surface area (Å²) >= 11 is 0. The number of ether oxygens (including phenoxy) is 1. The Morgan fingerprint density at radius 2 is 2.17 bits per heavy atom. The maximum Gasteiger partial charge on any atom is 0.253 e. The highest BCUT2D eigenvalue weighted by Gasteiger charge is 2.20. The highest BCUT2D eigenvalue weighted by molar-refractivity contribution is 5.99. The minimum absolute atomic E-state index is 0.0331. The lowest BCUT2D eigenvalue weighted by atomic mass is 10.1. The van der Waals surface area contributed by atoms with Gasteiger partial charge >= 0.3 is 0 Å². The topological polar surface area (TPSA) is 50.4 Å². The van der Waals surface area contributed by atoms with Crippen molar-refractivity contribution >= 4 is 11.6 Å². The summed E-state index contributed by atoms with van der Waals surface area (Å²) in [5.74, 6) is -0.0331. The Morgan fingerprint density at radius 3 is 2.83 bits per heavy atom.